The molecule has 1 fully saturated rings. The Labute approximate surface area is 115 Å². The number of sulfone groups is 1. The fourth-order valence-electron chi connectivity index (χ4n) is 2.33. The highest BCUT2D eigenvalue weighted by atomic mass is 32.2. The number of nitrogens with one attached hydrogen (secondary N) is 1. The predicted molar refractivity (Wildman–Crippen MR) is 73.5 cm³/mol. The number of nitrogens with two attached hydrogens (primary N) is 1. The zero-order valence-electron chi connectivity index (χ0n) is 12.0. The van der Waals surface area contributed by atoms with Crippen molar-refractivity contribution in [2.24, 2.45) is 11.1 Å². The summed E-state index contributed by atoms with van der Waals surface area (Å²) >= 11 is 0. The summed E-state index contributed by atoms with van der Waals surface area (Å²) in [7, 11) is -3.08. The minimum absolute atomic E-state index is 0.0387. The molecule has 2 unspecified atom stereocenters. The molecule has 0 aromatic carbocycles. The summed E-state index contributed by atoms with van der Waals surface area (Å²) in [6, 6.07) is 0. The van der Waals surface area contributed by atoms with E-state index < -0.39 is 20.8 Å². The van der Waals surface area contributed by atoms with Gasteiger partial charge in [0.1, 0.15) is 15.4 Å². The number of rotatable bonds is 6. The number of ether oxygens (including phenoxy) is 1. The Morgan fingerprint density at radius 2 is 2.05 bits per heavy atom. The van der Waals surface area contributed by atoms with Gasteiger partial charge >= 0.3 is 0 Å². The van der Waals surface area contributed by atoms with Crippen molar-refractivity contribution in [2.45, 2.75) is 38.8 Å². The van der Waals surface area contributed by atoms with Crippen molar-refractivity contribution in [3.63, 3.8) is 0 Å². The van der Waals surface area contributed by atoms with Crippen molar-refractivity contribution in [3.05, 3.63) is 0 Å². The third-order valence-corrected chi connectivity index (χ3v) is 4.94. The molecule has 1 amide bonds. The largest absolute Gasteiger partial charge is 0.378 e. The van der Waals surface area contributed by atoms with Gasteiger partial charge in [-0.3, -0.25) is 4.79 Å². The standard InChI is InChI=1S/C12H24N2O4S/c1-5-18-9-8-12(13,11(9,2)3)10(15)14-6-7-19(4,16)17/h9H,5-8,13H2,1-4H3,(H,14,15). The van der Waals surface area contributed by atoms with E-state index in [9.17, 15) is 13.2 Å². The van der Waals surface area contributed by atoms with Crippen LogP contribution in [0, 0.1) is 5.41 Å². The summed E-state index contributed by atoms with van der Waals surface area (Å²) in [6.07, 6.45) is 1.55. The average molecular weight is 292 g/mol. The molecule has 19 heavy (non-hydrogen) atoms. The molecule has 0 bridgehead atoms. The van der Waals surface area contributed by atoms with Crippen molar-refractivity contribution in [1.82, 2.24) is 5.32 Å². The van der Waals surface area contributed by atoms with Crippen LogP contribution in [0.4, 0.5) is 0 Å². The van der Waals surface area contributed by atoms with Gasteiger partial charge in [0, 0.05) is 31.2 Å². The lowest BCUT2D eigenvalue weighted by Crippen LogP contribution is -2.75. The Hall–Kier alpha value is -0.660. The number of amides is 1. The molecule has 0 aromatic heterocycles. The molecule has 7 heteroatoms. The Balaban J connectivity index is 2.58. The first kappa shape index (κ1) is 16.4. The van der Waals surface area contributed by atoms with Crippen LogP contribution < -0.4 is 11.1 Å². The molecule has 2 atom stereocenters. The maximum atomic E-state index is 12.1. The second-order valence-corrected chi connectivity index (χ2v) is 7.99. The van der Waals surface area contributed by atoms with Crippen molar-refractivity contribution in [3.8, 4) is 0 Å². The molecular weight excluding hydrogens is 268 g/mol. The third kappa shape index (κ3) is 3.27. The molecular formula is C12H24N2O4S. The Morgan fingerprint density at radius 3 is 2.47 bits per heavy atom. The molecule has 1 rings (SSSR count). The lowest BCUT2D eigenvalue weighted by molar-refractivity contribution is -0.170. The van der Waals surface area contributed by atoms with Crippen molar-refractivity contribution in [2.75, 3.05) is 25.2 Å². The van der Waals surface area contributed by atoms with Crippen LogP contribution in [0.1, 0.15) is 27.2 Å². The number of hydrogen-bond donors (Lipinski definition) is 2. The van der Waals surface area contributed by atoms with Gasteiger partial charge < -0.3 is 15.8 Å². The fraction of sp³-hybridized carbons (Fsp3) is 0.917. The fourth-order valence-corrected chi connectivity index (χ4v) is 2.80. The van der Waals surface area contributed by atoms with Crippen LogP contribution in [0.15, 0.2) is 0 Å². The van der Waals surface area contributed by atoms with Crippen LogP contribution in [0.2, 0.25) is 0 Å². The summed E-state index contributed by atoms with van der Waals surface area (Å²) in [5.41, 5.74) is 4.70. The summed E-state index contributed by atoms with van der Waals surface area (Å²) < 4.78 is 27.6. The summed E-state index contributed by atoms with van der Waals surface area (Å²) in [5.74, 6) is -0.387. The van der Waals surface area contributed by atoms with Crippen molar-refractivity contribution in [1.29, 1.82) is 0 Å². The van der Waals surface area contributed by atoms with Gasteiger partial charge in [-0.05, 0) is 6.92 Å². The smallest absolute Gasteiger partial charge is 0.240 e. The first-order valence-electron chi connectivity index (χ1n) is 6.41. The molecule has 0 aromatic rings. The number of carbonyl (C=O) groups excluding carboxylic acids is 1. The van der Waals surface area contributed by atoms with Gasteiger partial charge in [-0.2, -0.15) is 0 Å². The zero-order chi connectivity index (χ0) is 14.9. The monoisotopic (exact) mass is 292 g/mol. The van der Waals surface area contributed by atoms with E-state index in [-0.39, 0.29) is 24.3 Å². The second-order valence-electron chi connectivity index (χ2n) is 5.73. The molecule has 0 saturated heterocycles. The van der Waals surface area contributed by atoms with Crippen LogP contribution in [0.25, 0.3) is 0 Å². The molecule has 6 nitrogen and oxygen atoms in total. The van der Waals surface area contributed by atoms with Gasteiger partial charge in [-0.1, -0.05) is 13.8 Å². The van der Waals surface area contributed by atoms with E-state index in [0.717, 1.165) is 6.26 Å². The molecule has 1 aliphatic carbocycles. The van der Waals surface area contributed by atoms with Gasteiger partial charge in [0.25, 0.3) is 0 Å². The van der Waals surface area contributed by atoms with E-state index in [1.54, 1.807) is 0 Å². The second kappa shape index (κ2) is 5.38. The molecule has 0 aliphatic heterocycles. The minimum Gasteiger partial charge on any atom is -0.378 e. The lowest BCUT2D eigenvalue weighted by Gasteiger charge is -2.57. The lowest BCUT2D eigenvalue weighted by atomic mass is 9.54. The summed E-state index contributed by atoms with van der Waals surface area (Å²) in [4.78, 5) is 12.1. The highest BCUT2D eigenvalue weighted by Crippen LogP contribution is 2.49. The van der Waals surface area contributed by atoms with Crippen LogP contribution in [0.3, 0.4) is 0 Å². The van der Waals surface area contributed by atoms with E-state index in [1.165, 1.54) is 0 Å². The first-order valence-corrected chi connectivity index (χ1v) is 8.47. The predicted octanol–water partition coefficient (Wildman–Crippen LogP) is -0.320. The van der Waals surface area contributed by atoms with E-state index in [2.05, 4.69) is 5.32 Å². The quantitative estimate of drug-likeness (QED) is 0.699. The topological polar surface area (TPSA) is 98.5 Å². The highest BCUT2D eigenvalue weighted by Gasteiger charge is 2.62. The van der Waals surface area contributed by atoms with Gasteiger partial charge in [0.2, 0.25) is 5.91 Å². The minimum atomic E-state index is -3.08. The third-order valence-electron chi connectivity index (χ3n) is 3.99. The maximum absolute atomic E-state index is 12.1. The molecule has 0 spiro atoms. The Bertz CT molecular complexity index is 447. The van der Waals surface area contributed by atoms with Gasteiger partial charge in [0.05, 0.1) is 11.9 Å². The zero-order valence-corrected chi connectivity index (χ0v) is 12.8. The average Bonchev–Trinajstić information content (AvgIpc) is 2.26. The number of hydrogen-bond acceptors (Lipinski definition) is 5. The Kier molecular flexibility index (Phi) is 4.64. The van der Waals surface area contributed by atoms with Gasteiger partial charge in [-0.25, -0.2) is 8.42 Å². The summed E-state index contributed by atoms with van der Waals surface area (Å²) in [5, 5.41) is 2.60. The van der Waals surface area contributed by atoms with Gasteiger partial charge in [0.15, 0.2) is 0 Å². The molecule has 3 N–H and O–H groups in total. The Morgan fingerprint density at radius 1 is 1.47 bits per heavy atom. The molecule has 0 heterocycles. The van der Waals surface area contributed by atoms with Crippen LogP contribution >= 0.6 is 0 Å². The van der Waals surface area contributed by atoms with Crippen molar-refractivity contribution >= 4 is 15.7 Å². The molecule has 112 valence electrons. The number of carbonyl (C=O) groups is 1. The van der Waals surface area contributed by atoms with Crippen LogP contribution in [0.5, 0.6) is 0 Å². The molecule has 1 saturated carbocycles. The van der Waals surface area contributed by atoms with Crippen LogP contribution in [-0.4, -0.2) is 51.1 Å². The van der Waals surface area contributed by atoms with E-state index in [1.807, 2.05) is 20.8 Å². The first-order chi connectivity index (χ1) is 8.54. The summed E-state index contributed by atoms with van der Waals surface area (Å²) in [6.45, 7) is 6.37. The van der Waals surface area contributed by atoms with Crippen molar-refractivity contribution < 1.29 is 17.9 Å². The SMILES string of the molecule is CCOC1CC(N)(C(=O)NCCS(C)(=O)=O)C1(C)C. The van der Waals surface area contributed by atoms with E-state index in [4.69, 9.17) is 10.5 Å². The van der Waals surface area contributed by atoms with E-state index in [0.29, 0.717) is 13.0 Å². The normalized spacial score (nSPS) is 29.6. The molecule has 1 aliphatic rings. The van der Waals surface area contributed by atoms with Gasteiger partial charge in [-0.15, -0.1) is 0 Å². The molecule has 0 radical (unpaired) electrons. The van der Waals surface area contributed by atoms with Crippen LogP contribution in [-0.2, 0) is 19.4 Å². The van der Waals surface area contributed by atoms with E-state index >= 15 is 0 Å². The maximum Gasteiger partial charge on any atom is 0.240 e. The highest BCUT2D eigenvalue weighted by molar-refractivity contribution is 7.90.